The van der Waals surface area contributed by atoms with Crippen LogP contribution in [-0.2, 0) is 14.2 Å². The van der Waals surface area contributed by atoms with E-state index < -0.39 is 0 Å². The van der Waals surface area contributed by atoms with Gasteiger partial charge in [0.05, 0.1) is 12.2 Å². The highest BCUT2D eigenvalue weighted by molar-refractivity contribution is 4.79. The Morgan fingerprint density at radius 1 is 0.577 bits per heavy atom. The monoisotopic (exact) mass is 370 g/mol. The number of hydrogen-bond acceptors (Lipinski definition) is 3. The molecular weight excluding hydrogens is 324 g/mol. The molecule has 3 atom stereocenters. The second kappa shape index (κ2) is 9.89. The van der Waals surface area contributed by atoms with Crippen LogP contribution in [0.5, 0.6) is 0 Å². The average Bonchev–Trinajstić information content (AvgIpc) is 3.09. The van der Waals surface area contributed by atoms with Crippen LogP contribution in [-0.4, -0.2) is 38.6 Å². The van der Waals surface area contributed by atoms with E-state index in [1.165, 1.54) is 25.7 Å². The maximum atomic E-state index is 5.52. The Labute approximate surface area is 163 Å². The highest BCUT2D eigenvalue weighted by Gasteiger charge is 2.30. The molecule has 0 amide bonds. The SMILES string of the molecule is CC(C)(C)C1CCCO1.CC(C)(C)C1CCO1.CC(C)(C)C1CCOC1. The zero-order valence-electron chi connectivity index (χ0n) is 19.1. The van der Waals surface area contributed by atoms with Crippen LogP contribution in [0.2, 0.25) is 0 Å². The van der Waals surface area contributed by atoms with Gasteiger partial charge in [-0.1, -0.05) is 62.3 Å². The number of ether oxygens (including phenoxy) is 3. The standard InChI is InChI=1S/2C8H16O.C7H14O/c1-8(2,3)7-4-5-9-6-7;1-8(2,3)7-5-4-6-9-7;1-7(2,3)6-4-5-8-6/h2*7H,4-6H2,1-3H3;6H,4-5H2,1-3H3. The summed E-state index contributed by atoms with van der Waals surface area (Å²) < 4.78 is 16.1. The summed E-state index contributed by atoms with van der Waals surface area (Å²) in [6.45, 7) is 24.1. The second-order valence-corrected chi connectivity index (χ2v) is 11.3. The van der Waals surface area contributed by atoms with Gasteiger partial charge in [-0.15, -0.1) is 0 Å². The van der Waals surface area contributed by atoms with E-state index in [0.29, 0.717) is 28.5 Å². The van der Waals surface area contributed by atoms with Crippen LogP contribution in [0.3, 0.4) is 0 Å². The lowest BCUT2D eigenvalue weighted by molar-refractivity contribution is -0.109. The van der Waals surface area contributed by atoms with Crippen molar-refractivity contribution in [1.29, 1.82) is 0 Å². The van der Waals surface area contributed by atoms with E-state index in [9.17, 15) is 0 Å². The Balaban J connectivity index is 0.000000195. The van der Waals surface area contributed by atoms with Crippen LogP contribution in [0.15, 0.2) is 0 Å². The Morgan fingerprint density at radius 2 is 1.08 bits per heavy atom. The lowest BCUT2D eigenvalue weighted by Crippen LogP contribution is -2.38. The van der Waals surface area contributed by atoms with Crippen molar-refractivity contribution in [1.82, 2.24) is 0 Å². The Hall–Kier alpha value is -0.120. The molecule has 3 fully saturated rings. The molecule has 3 heteroatoms. The van der Waals surface area contributed by atoms with Crippen molar-refractivity contribution < 1.29 is 14.2 Å². The van der Waals surface area contributed by atoms with E-state index in [-0.39, 0.29) is 0 Å². The fourth-order valence-electron chi connectivity index (χ4n) is 3.40. The van der Waals surface area contributed by atoms with Crippen LogP contribution < -0.4 is 0 Å². The molecule has 0 saturated carbocycles. The topological polar surface area (TPSA) is 27.7 Å². The summed E-state index contributed by atoms with van der Waals surface area (Å²) in [5.41, 5.74) is 1.19. The fourth-order valence-corrected chi connectivity index (χ4v) is 3.40. The van der Waals surface area contributed by atoms with Gasteiger partial charge in [-0.25, -0.2) is 0 Å². The first kappa shape index (κ1) is 23.9. The Kier molecular flexibility index (Phi) is 9.10. The summed E-state index contributed by atoms with van der Waals surface area (Å²) >= 11 is 0. The third-order valence-corrected chi connectivity index (χ3v) is 5.72. The summed E-state index contributed by atoms with van der Waals surface area (Å²) in [4.78, 5) is 0. The predicted octanol–water partition coefficient (Wildman–Crippen LogP) is 6.10. The molecule has 3 aliphatic heterocycles. The summed E-state index contributed by atoms with van der Waals surface area (Å²) in [6.07, 6.45) is 6.05. The van der Waals surface area contributed by atoms with Gasteiger partial charge in [0.15, 0.2) is 0 Å². The van der Waals surface area contributed by atoms with Gasteiger partial charge < -0.3 is 14.2 Å². The average molecular weight is 371 g/mol. The smallest absolute Gasteiger partial charge is 0.0645 e. The molecule has 3 heterocycles. The molecule has 3 aliphatic rings. The van der Waals surface area contributed by atoms with Crippen molar-refractivity contribution >= 4 is 0 Å². The molecule has 3 nitrogen and oxygen atoms in total. The van der Waals surface area contributed by atoms with Crippen molar-refractivity contribution in [3.05, 3.63) is 0 Å². The molecule has 26 heavy (non-hydrogen) atoms. The van der Waals surface area contributed by atoms with Crippen LogP contribution in [0.25, 0.3) is 0 Å². The molecule has 0 aliphatic carbocycles. The van der Waals surface area contributed by atoms with Gasteiger partial charge >= 0.3 is 0 Å². The molecule has 0 aromatic heterocycles. The van der Waals surface area contributed by atoms with Crippen molar-refractivity contribution in [2.24, 2.45) is 22.2 Å². The van der Waals surface area contributed by atoms with E-state index in [2.05, 4.69) is 62.3 Å². The normalized spacial score (nSPS) is 29.2. The van der Waals surface area contributed by atoms with E-state index >= 15 is 0 Å². The molecule has 3 rings (SSSR count). The maximum Gasteiger partial charge on any atom is 0.0645 e. The Bertz CT molecular complexity index is 342. The summed E-state index contributed by atoms with van der Waals surface area (Å²) in [7, 11) is 0. The van der Waals surface area contributed by atoms with Gasteiger partial charge in [0.2, 0.25) is 0 Å². The van der Waals surface area contributed by atoms with E-state index in [1.807, 2.05) is 0 Å². The van der Waals surface area contributed by atoms with Gasteiger partial charge in [-0.3, -0.25) is 0 Å². The van der Waals surface area contributed by atoms with Crippen molar-refractivity contribution in [3.63, 3.8) is 0 Å². The molecule has 3 saturated heterocycles. The lowest BCUT2D eigenvalue weighted by atomic mass is 9.80. The summed E-state index contributed by atoms with van der Waals surface area (Å²) in [5.74, 6) is 0.789. The van der Waals surface area contributed by atoms with E-state index in [4.69, 9.17) is 14.2 Å². The van der Waals surface area contributed by atoms with E-state index in [0.717, 1.165) is 32.3 Å². The van der Waals surface area contributed by atoms with Crippen LogP contribution in [0.4, 0.5) is 0 Å². The first-order valence-electron chi connectivity index (χ1n) is 10.6. The van der Waals surface area contributed by atoms with Gasteiger partial charge in [-0.2, -0.15) is 0 Å². The molecule has 156 valence electrons. The van der Waals surface area contributed by atoms with Gasteiger partial charge in [-0.05, 0) is 47.8 Å². The lowest BCUT2D eigenvalue weighted by Gasteiger charge is -2.37. The minimum Gasteiger partial charge on any atom is -0.381 e. The summed E-state index contributed by atoms with van der Waals surface area (Å²) in [5, 5.41) is 0. The van der Waals surface area contributed by atoms with Crippen LogP contribution in [0, 0.1) is 22.2 Å². The van der Waals surface area contributed by atoms with Crippen molar-refractivity contribution in [3.8, 4) is 0 Å². The zero-order chi connectivity index (χ0) is 20.0. The zero-order valence-corrected chi connectivity index (χ0v) is 19.1. The maximum absolute atomic E-state index is 5.52. The second-order valence-electron chi connectivity index (χ2n) is 11.3. The first-order chi connectivity index (χ1) is 11.8. The number of rotatable bonds is 0. The number of hydrogen-bond donors (Lipinski definition) is 0. The minimum absolute atomic E-state index is 0.358. The molecule has 0 aromatic rings. The van der Waals surface area contributed by atoms with Gasteiger partial charge in [0.25, 0.3) is 0 Å². The fraction of sp³-hybridized carbons (Fsp3) is 1.00. The van der Waals surface area contributed by atoms with Gasteiger partial charge in [0, 0.05) is 26.4 Å². The van der Waals surface area contributed by atoms with E-state index in [1.54, 1.807) is 0 Å². The quantitative estimate of drug-likeness (QED) is 0.515. The third-order valence-electron chi connectivity index (χ3n) is 5.72. The van der Waals surface area contributed by atoms with Gasteiger partial charge in [0.1, 0.15) is 0 Å². The van der Waals surface area contributed by atoms with Crippen LogP contribution in [0.1, 0.15) is 88.0 Å². The third kappa shape index (κ3) is 8.71. The summed E-state index contributed by atoms with van der Waals surface area (Å²) in [6, 6.07) is 0. The minimum atomic E-state index is 0.358. The molecule has 0 bridgehead atoms. The largest absolute Gasteiger partial charge is 0.381 e. The van der Waals surface area contributed by atoms with Crippen molar-refractivity contribution in [2.45, 2.75) is 100 Å². The molecule has 0 spiro atoms. The Morgan fingerprint density at radius 3 is 1.23 bits per heavy atom. The first-order valence-corrected chi connectivity index (χ1v) is 10.6. The predicted molar refractivity (Wildman–Crippen MR) is 111 cm³/mol. The highest BCUT2D eigenvalue weighted by Crippen LogP contribution is 2.32. The van der Waals surface area contributed by atoms with Crippen LogP contribution >= 0.6 is 0 Å². The highest BCUT2D eigenvalue weighted by atomic mass is 16.5. The molecule has 3 unspecified atom stereocenters. The molecule has 0 N–H and O–H groups in total. The van der Waals surface area contributed by atoms with Crippen molar-refractivity contribution in [2.75, 3.05) is 26.4 Å². The molecule has 0 aromatic carbocycles. The molecular formula is C23H46O3. The molecule has 0 radical (unpaired) electrons.